The minimum atomic E-state index is 0.980. The smallest absolute Gasteiger partial charge is 0.0162 e. The summed E-state index contributed by atoms with van der Waals surface area (Å²) in [7, 11) is 0. The van der Waals surface area contributed by atoms with E-state index in [-0.39, 0.29) is 0 Å². The summed E-state index contributed by atoms with van der Waals surface area (Å²) < 4.78 is 0. The van der Waals surface area contributed by atoms with Crippen molar-refractivity contribution >= 4 is 0 Å². The molecule has 0 heteroatoms. The molecule has 6 rings (SSSR count). The molecule has 6 bridgehead atoms. The molecule has 0 aromatic heterocycles. The van der Waals surface area contributed by atoms with Crippen molar-refractivity contribution in [2.24, 2.45) is 47.3 Å². The van der Waals surface area contributed by atoms with Crippen molar-refractivity contribution in [1.29, 1.82) is 0 Å². The standard InChI is InChI=1S/C14H16/c1-2-4-7-8(5-3-1)12-9-6-10-13(11(7)9)14(10)12/h1-4,7-14H,5-6H2. The second-order valence-electron chi connectivity index (χ2n) is 6.16. The average Bonchev–Trinajstić information content (AvgIpc) is 2.49. The highest BCUT2D eigenvalue weighted by Gasteiger charge is 2.79. The van der Waals surface area contributed by atoms with Crippen molar-refractivity contribution in [2.75, 3.05) is 0 Å². The van der Waals surface area contributed by atoms with Crippen molar-refractivity contribution in [3.63, 3.8) is 0 Å². The van der Waals surface area contributed by atoms with E-state index >= 15 is 0 Å². The number of allylic oxidation sites excluding steroid dienone is 4. The lowest BCUT2D eigenvalue weighted by atomic mass is 9.78. The molecule has 0 aromatic rings. The highest BCUT2D eigenvalue weighted by atomic mass is 14.8. The van der Waals surface area contributed by atoms with E-state index in [0.717, 1.165) is 23.7 Å². The predicted octanol–water partition coefficient (Wildman–Crippen LogP) is 2.88. The van der Waals surface area contributed by atoms with Gasteiger partial charge in [-0.3, -0.25) is 0 Å². The number of fused-ring (bicyclic) bond motifs is 1. The highest BCUT2D eigenvalue weighted by Crippen LogP contribution is 2.83. The Hall–Kier alpha value is -0.520. The molecule has 0 radical (unpaired) electrons. The third kappa shape index (κ3) is 0.515. The largest absolute Gasteiger partial charge is 0.0842 e. The van der Waals surface area contributed by atoms with E-state index in [4.69, 9.17) is 0 Å². The van der Waals surface area contributed by atoms with E-state index in [9.17, 15) is 0 Å². The average molecular weight is 184 g/mol. The molecule has 0 aromatic carbocycles. The Morgan fingerprint density at radius 3 is 2.57 bits per heavy atom. The van der Waals surface area contributed by atoms with Crippen molar-refractivity contribution < 1.29 is 0 Å². The van der Waals surface area contributed by atoms with Crippen LogP contribution in [0.2, 0.25) is 0 Å². The summed E-state index contributed by atoms with van der Waals surface area (Å²) in [5, 5.41) is 0. The van der Waals surface area contributed by atoms with E-state index in [1.165, 1.54) is 30.1 Å². The first-order chi connectivity index (χ1) is 6.97. The van der Waals surface area contributed by atoms with Crippen molar-refractivity contribution in [1.82, 2.24) is 0 Å². The van der Waals surface area contributed by atoms with Gasteiger partial charge in [0.1, 0.15) is 0 Å². The fraction of sp³-hybridized carbons (Fsp3) is 0.714. The van der Waals surface area contributed by atoms with Gasteiger partial charge in [0.25, 0.3) is 0 Å². The molecule has 8 atom stereocenters. The monoisotopic (exact) mass is 184 g/mol. The summed E-state index contributed by atoms with van der Waals surface area (Å²) in [5.74, 6) is 9.12. The van der Waals surface area contributed by atoms with E-state index in [1.54, 1.807) is 6.42 Å². The Morgan fingerprint density at radius 2 is 1.64 bits per heavy atom. The second-order valence-corrected chi connectivity index (χ2v) is 6.16. The summed E-state index contributed by atoms with van der Waals surface area (Å²) in [6.45, 7) is 0. The Kier molecular flexibility index (Phi) is 0.929. The molecule has 5 fully saturated rings. The van der Waals surface area contributed by atoms with Gasteiger partial charge in [-0.25, -0.2) is 0 Å². The molecule has 8 unspecified atom stereocenters. The number of hydrogen-bond acceptors (Lipinski definition) is 0. The zero-order valence-electron chi connectivity index (χ0n) is 8.34. The van der Waals surface area contributed by atoms with E-state index in [1.807, 2.05) is 0 Å². The van der Waals surface area contributed by atoms with Gasteiger partial charge in [-0.05, 0) is 60.2 Å². The lowest BCUT2D eigenvalue weighted by Gasteiger charge is -2.26. The van der Waals surface area contributed by atoms with Gasteiger partial charge in [0.05, 0.1) is 0 Å². The second kappa shape index (κ2) is 1.89. The maximum Gasteiger partial charge on any atom is -0.0162 e. The minimum absolute atomic E-state index is 0.980. The maximum atomic E-state index is 2.54. The summed E-state index contributed by atoms with van der Waals surface area (Å²) >= 11 is 0. The van der Waals surface area contributed by atoms with Crippen molar-refractivity contribution in [3.05, 3.63) is 24.3 Å². The van der Waals surface area contributed by atoms with Crippen LogP contribution in [0.15, 0.2) is 24.3 Å². The Balaban J connectivity index is 1.67. The van der Waals surface area contributed by atoms with Crippen LogP contribution in [-0.2, 0) is 0 Å². The fourth-order valence-electron chi connectivity index (χ4n) is 6.06. The van der Waals surface area contributed by atoms with Crippen LogP contribution in [0, 0.1) is 47.3 Å². The van der Waals surface area contributed by atoms with Crippen LogP contribution in [0.25, 0.3) is 0 Å². The summed E-state index contributed by atoms with van der Waals surface area (Å²) in [6, 6.07) is 0. The molecular formula is C14H16. The fourth-order valence-corrected chi connectivity index (χ4v) is 6.06. The quantitative estimate of drug-likeness (QED) is 0.543. The first-order valence-electron chi connectivity index (χ1n) is 6.30. The topological polar surface area (TPSA) is 0 Å². The van der Waals surface area contributed by atoms with Crippen molar-refractivity contribution in [2.45, 2.75) is 12.8 Å². The third-order valence-corrected chi connectivity index (χ3v) is 6.14. The first-order valence-corrected chi connectivity index (χ1v) is 6.30. The van der Waals surface area contributed by atoms with Crippen LogP contribution in [-0.4, -0.2) is 0 Å². The summed E-state index contributed by atoms with van der Waals surface area (Å²) in [5.41, 5.74) is 0. The van der Waals surface area contributed by atoms with Gasteiger partial charge in [-0.1, -0.05) is 24.3 Å². The van der Waals surface area contributed by atoms with Crippen LogP contribution in [0.3, 0.4) is 0 Å². The summed E-state index contributed by atoms with van der Waals surface area (Å²) in [4.78, 5) is 0. The van der Waals surface area contributed by atoms with Gasteiger partial charge >= 0.3 is 0 Å². The molecule has 72 valence electrons. The molecule has 0 spiro atoms. The molecule has 0 nitrogen and oxygen atoms in total. The van der Waals surface area contributed by atoms with E-state index < -0.39 is 0 Å². The molecule has 6 aliphatic rings. The zero-order valence-corrected chi connectivity index (χ0v) is 8.34. The Labute approximate surface area is 85.1 Å². The lowest BCUT2D eigenvalue weighted by molar-refractivity contribution is 0.256. The summed E-state index contributed by atoms with van der Waals surface area (Å²) in [6.07, 6.45) is 12.5. The van der Waals surface area contributed by atoms with Crippen LogP contribution in [0.5, 0.6) is 0 Å². The molecule has 0 aliphatic heterocycles. The third-order valence-electron chi connectivity index (χ3n) is 6.14. The van der Waals surface area contributed by atoms with E-state index in [2.05, 4.69) is 24.3 Å². The molecule has 0 N–H and O–H groups in total. The van der Waals surface area contributed by atoms with Gasteiger partial charge in [0.2, 0.25) is 0 Å². The van der Waals surface area contributed by atoms with Crippen LogP contribution in [0.4, 0.5) is 0 Å². The highest BCUT2D eigenvalue weighted by molar-refractivity contribution is 5.30. The molecular weight excluding hydrogens is 168 g/mol. The predicted molar refractivity (Wildman–Crippen MR) is 55.4 cm³/mol. The van der Waals surface area contributed by atoms with Gasteiger partial charge in [-0.2, -0.15) is 0 Å². The SMILES string of the molecule is C1=CCC2C(C=C1)C1C3CC4C1C4C23. The maximum absolute atomic E-state index is 2.54. The molecule has 6 aliphatic carbocycles. The van der Waals surface area contributed by atoms with Gasteiger partial charge in [0, 0.05) is 0 Å². The Morgan fingerprint density at radius 1 is 0.786 bits per heavy atom. The van der Waals surface area contributed by atoms with Crippen LogP contribution in [0.1, 0.15) is 12.8 Å². The molecule has 0 heterocycles. The molecule has 5 saturated carbocycles. The minimum Gasteiger partial charge on any atom is -0.0842 e. The van der Waals surface area contributed by atoms with Gasteiger partial charge in [0.15, 0.2) is 0 Å². The molecule has 0 amide bonds. The molecule has 0 saturated heterocycles. The first kappa shape index (κ1) is 6.87. The van der Waals surface area contributed by atoms with Gasteiger partial charge < -0.3 is 0 Å². The zero-order chi connectivity index (χ0) is 8.86. The lowest BCUT2D eigenvalue weighted by Crippen LogP contribution is -2.21. The molecule has 14 heavy (non-hydrogen) atoms. The Bertz CT molecular complexity index is 364. The van der Waals surface area contributed by atoms with Crippen LogP contribution >= 0.6 is 0 Å². The van der Waals surface area contributed by atoms with Crippen LogP contribution < -0.4 is 0 Å². The van der Waals surface area contributed by atoms with Crippen molar-refractivity contribution in [3.8, 4) is 0 Å². The number of rotatable bonds is 0. The normalized spacial score (nSPS) is 69.7. The van der Waals surface area contributed by atoms with Gasteiger partial charge in [-0.15, -0.1) is 0 Å². The van der Waals surface area contributed by atoms with E-state index in [0.29, 0.717) is 0 Å². The number of hydrogen-bond donors (Lipinski definition) is 0.